The predicted octanol–water partition coefficient (Wildman–Crippen LogP) is 2.50. The number of ether oxygens (including phenoxy) is 1. The Morgan fingerprint density at radius 2 is 1.86 bits per heavy atom. The van der Waals surface area contributed by atoms with E-state index in [4.69, 9.17) is 4.74 Å². The Morgan fingerprint density at radius 1 is 1.18 bits per heavy atom. The molecule has 0 radical (unpaired) electrons. The Morgan fingerprint density at radius 3 is 2.41 bits per heavy atom. The van der Waals surface area contributed by atoms with Crippen LogP contribution in [0, 0.1) is 6.92 Å². The van der Waals surface area contributed by atoms with Crippen molar-refractivity contribution in [1.82, 2.24) is 9.97 Å². The van der Waals surface area contributed by atoms with Gasteiger partial charge in [0.2, 0.25) is 5.95 Å². The van der Waals surface area contributed by atoms with Crippen LogP contribution >= 0.6 is 0 Å². The summed E-state index contributed by atoms with van der Waals surface area (Å²) in [5.41, 5.74) is 2.15. The molecule has 0 saturated heterocycles. The number of benzene rings is 1. The van der Waals surface area contributed by atoms with Crippen LogP contribution in [0.5, 0.6) is 5.75 Å². The van der Waals surface area contributed by atoms with Crippen molar-refractivity contribution in [2.75, 3.05) is 36.7 Å². The number of methoxy groups -OCH3 is 1. The topological polar surface area (TPSA) is 79.4 Å². The smallest absolute Gasteiger partial charge is 0.323 e. The molecule has 1 aromatic carbocycles. The summed E-state index contributed by atoms with van der Waals surface area (Å²) in [5.74, 6) is 1.33. The highest BCUT2D eigenvalue weighted by molar-refractivity contribution is 6.00. The summed E-state index contributed by atoms with van der Waals surface area (Å²) in [6, 6.07) is 5.08. The Hall–Kier alpha value is -2.83. The van der Waals surface area contributed by atoms with Gasteiger partial charge in [-0.05, 0) is 30.7 Å². The van der Waals surface area contributed by atoms with Gasteiger partial charge in [0.05, 0.1) is 25.2 Å². The van der Waals surface area contributed by atoms with E-state index in [1.54, 1.807) is 36.5 Å². The van der Waals surface area contributed by atoms with Crippen molar-refractivity contribution in [3.63, 3.8) is 0 Å². The van der Waals surface area contributed by atoms with Gasteiger partial charge in [-0.3, -0.25) is 0 Å². The second-order valence-electron chi connectivity index (χ2n) is 4.93. The minimum absolute atomic E-state index is 0.352. The lowest BCUT2D eigenvalue weighted by atomic mass is 10.2. The summed E-state index contributed by atoms with van der Waals surface area (Å²) >= 11 is 0. The summed E-state index contributed by atoms with van der Waals surface area (Å²) in [4.78, 5) is 22.0. The van der Waals surface area contributed by atoms with E-state index in [1.807, 2.05) is 27.1 Å². The maximum atomic E-state index is 12.0. The highest BCUT2D eigenvalue weighted by Crippen LogP contribution is 2.21. The van der Waals surface area contributed by atoms with E-state index in [-0.39, 0.29) is 6.03 Å². The zero-order valence-electron chi connectivity index (χ0n) is 13.0. The lowest BCUT2D eigenvalue weighted by molar-refractivity contribution is 0.262. The van der Waals surface area contributed by atoms with Gasteiger partial charge < -0.3 is 20.3 Å². The van der Waals surface area contributed by atoms with Crippen LogP contribution in [-0.2, 0) is 0 Å². The van der Waals surface area contributed by atoms with Crippen LogP contribution in [0.1, 0.15) is 5.56 Å². The van der Waals surface area contributed by atoms with Gasteiger partial charge >= 0.3 is 6.03 Å². The highest BCUT2D eigenvalue weighted by Gasteiger charge is 2.07. The summed E-state index contributed by atoms with van der Waals surface area (Å²) < 4.78 is 5.13. The van der Waals surface area contributed by atoms with Gasteiger partial charge in [0, 0.05) is 19.8 Å². The highest BCUT2D eigenvalue weighted by atomic mass is 16.5. The molecule has 116 valence electrons. The van der Waals surface area contributed by atoms with Crippen molar-refractivity contribution in [1.29, 1.82) is 0 Å². The van der Waals surface area contributed by atoms with Crippen LogP contribution in [-0.4, -0.2) is 37.2 Å². The standard InChI is InChI=1S/C15H19N5O2/c1-10-7-12(22-4)5-6-13(10)19-15(21)18-11-8-16-14(17-9-11)20(2)3/h5-9H,1-4H3,(H2,18,19,21). The number of hydrogen-bond donors (Lipinski definition) is 2. The molecule has 2 N–H and O–H groups in total. The first-order valence-electron chi connectivity index (χ1n) is 6.71. The van der Waals surface area contributed by atoms with E-state index in [0.29, 0.717) is 17.3 Å². The number of carbonyl (C=O) groups excluding carboxylic acids is 1. The number of anilines is 3. The second kappa shape index (κ2) is 6.75. The predicted molar refractivity (Wildman–Crippen MR) is 86.7 cm³/mol. The first-order chi connectivity index (χ1) is 10.5. The molecule has 2 rings (SSSR count). The van der Waals surface area contributed by atoms with E-state index < -0.39 is 0 Å². The number of hydrogen-bond acceptors (Lipinski definition) is 5. The monoisotopic (exact) mass is 301 g/mol. The van der Waals surface area contributed by atoms with Crippen LogP contribution in [0.25, 0.3) is 0 Å². The van der Waals surface area contributed by atoms with Gasteiger partial charge in [-0.15, -0.1) is 0 Å². The zero-order chi connectivity index (χ0) is 16.1. The SMILES string of the molecule is COc1ccc(NC(=O)Nc2cnc(N(C)C)nc2)c(C)c1. The first-order valence-corrected chi connectivity index (χ1v) is 6.71. The minimum atomic E-state index is -0.352. The lowest BCUT2D eigenvalue weighted by Crippen LogP contribution is -2.20. The molecular weight excluding hydrogens is 282 g/mol. The third-order valence-corrected chi connectivity index (χ3v) is 2.98. The molecule has 0 atom stereocenters. The van der Waals surface area contributed by atoms with E-state index in [0.717, 1.165) is 11.3 Å². The fraction of sp³-hybridized carbons (Fsp3) is 0.267. The van der Waals surface area contributed by atoms with Crippen molar-refractivity contribution in [2.45, 2.75) is 6.92 Å². The van der Waals surface area contributed by atoms with Gasteiger partial charge in [0.1, 0.15) is 5.75 Å². The van der Waals surface area contributed by atoms with E-state index in [2.05, 4.69) is 20.6 Å². The molecule has 0 aliphatic carbocycles. The van der Waals surface area contributed by atoms with Crippen molar-refractivity contribution < 1.29 is 9.53 Å². The molecule has 0 bridgehead atoms. The molecule has 7 nitrogen and oxygen atoms in total. The fourth-order valence-corrected chi connectivity index (χ4v) is 1.80. The molecule has 2 aromatic rings. The number of nitrogens with zero attached hydrogens (tertiary/aromatic N) is 3. The van der Waals surface area contributed by atoms with E-state index >= 15 is 0 Å². The second-order valence-corrected chi connectivity index (χ2v) is 4.93. The summed E-state index contributed by atoms with van der Waals surface area (Å²) in [6.45, 7) is 1.90. The molecule has 0 aliphatic rings. The Bertz CT molecular complexity index is 655. The number of aryl methyl sites for hydroxylation is 1. The minimum Gasteiger partial charge on any atom is -0.497 e. The van der Waals surface area contributed by atoms with E-state index in [9.17, 15) is 4.79 Å². The summed E-state index contributed by atoms with van der Waals surface area (Å²) in [5, 5.41) is 5.46. The van der Waals surface area contributed by atoms with Crippen molar-refractivity contribution in [3.8, 4) is 5.75 Å². The molecule has 0 spiro atoms. The van der Waals surface area contributed by atoms with Gasteiger partial charge in [0.15, 0.2) is 0 Å². The fourth-order valence-electron chi connectivity index (χ4n) is 1.80. The molecule has 2 amide bonds. The molecule has 0 saturated carbocycles. The first kappa shape index (κ1) is 15.6. The maximum absolute atomic E-state index is 12.0. The number of urea groups is 1. The van der Waals surface area contributed by atoms with Crippen LogP contribution in [0.2, 0.25) is 0 Å². The molecule has 22 heavy (non-hydrogen) atoms. The average molecular weight is 301 g/mol. The van der Waals surface area contributed by atoms with Crippen LogP contribution in [0.4, 0.5) is 22.1 Å². The number of carbonyl (C=O) groups is 1. The largest absolute Gasteiger partial charge is 0.497 e. The van der Waals surface area contributed by atoms with Crippen molar-refractivity contribution in [3.05, 3.63) is 36.2 Å². The quantitative estimate of drug-likeness (QED) is 0.907. The number of amides is 2. The Balaban J connectivity index is 2.00. The Labute approximate surface area is 129 Å². The average Bonchev–Trinajstić information content (AvgIpc) is 2.49. The van der Waals surface area contributed by atoms with Gasteiger partial charge in [-0.25, -0.2) is 14.8 Å². The number of nitrogens with one attached hydrogen (secondary N) is 2. The van der Waals surface area contributed by atoms with Crippen LogP contribution in [0.15, 0.2) is 30.6 Å². The third-order valence-electron chi connectivity index (χ3n) is 2.98. The molecule has 0 aliphatic heterocycles. The summed E-state index contributed by atoms with van der Waals surface area (Å²) in [6.07, 6.45) is 3.12. The molecule has 1 heterocycles. The zero-order valence-corrected chi connectivity index (χ0v) is 13.0. The molecular formula is C15H19N5O2. The van der Waals surface area contributed by atoms with Gasteiger partial charge in [-0.2, -0.15) is 0 Å². The normalized spacial score (nSPS) is 10.0. The van der Waals surface area contributed by atoms with Gasteiger partial charge in [-0.1, -0.05) is 0 Å². The molecule has 0 unspecified atom stereocenters. The van der Waals surface area contributed by atoms with Crippen LogP contribution < -0.4 is 20.3 Å². The maximum Gasteiger partial charge on any atom is 0.323 e. The molecule has 7 heteroatoms. The molecule has 1 aromatic heterocycles. The third kappa shape index (κ3) is 3.85. The van der Waals surface area contributed by atoms with Crippen molar-refractivity contribution in [2.24, 2.45) is 0 Å². The number of aromatic nitrogens is 2. The van der Waals surface area contributed by atoms with Crippen molar-refractivity contribution >= 4 is 23.4 Å². The van der Waals surface area contributed by atoms with Crippen LogP contribution in [0.3, 0.4) is 0 Å². The molecule has 0 fully saturated rings. The Kier molecular flexibility index (Phi) is 4.77. The van der Waals surface area contributed by atoms with E-state index in [1.165, 1.54) is 0 Å². The summed E-state index contributed by atoms with van der Waals surface area (Å²) in [7, 11) is 5.30. The lowest BCUT2D eigenvalue weighted by Gasteiger charge is -2.12. The number of rotatable bonds is 4. The van der Waals surface area contributed by atoms with Gasteiger partial charge in [0.25, 0.3) is 0 Å².